The minimum Gasteiger partial charge on any atom is -0.497 e. The smallest absolute Gasteiger partial charge is 0.416 e. The summed E-state index contributed by atoms with van der Waals surface area (Å²) in [6.07, 6.45) is -3.72. The maximum absolute atomic E-state index is 13.2. The molecule has 0 fully saturated rings. The Bertz CT molecular complexity index is 572. The second-order valence-corrected chi connectivity index (χ2v) is 5.33. The van der Waals surface area contributed by atoms with Crippen LogP contribution in [0.4, 0.5) is 13.2 Å². The minimum atomic E-state index is -4.46. The van der Waals surface area contributed by atoms with Crippen LogP contribution in [0.2, 0.25) is 0 Å². The SMILES string of the molecule is CN=C(NCCCOCCOC)NCc1ccc(OC)cc1C(F)(F)F.I. The van der Waals surface area contributed by atoms with Gasteiger partial charge in [0, 0.05) is 33.9 Å². The number of halogens is 4. The second kappa shape index (κ2) is 13.8. The lowest BCUT2D eigenvalue weighted by molar-refractivity contribution is -0.138. The molecule has 1 aromatic rings. The van der Waals surface area contributed by atoms with E-state index >= 15 is 0 Å². The summed E-state index contributed by atoms with van der Waals surface area (Å²) in [4.78, 5) is 4.00. The number of methoxy groups -OCH3 is 2. The Balaban J connectivity index is 0.00000676. The highest BCUT2D eigenvalue weighted by Gasteiger charge is 2.33. The van der Waals surface area contributed by atoms with Gasteiger partial charge in [0.05, 0.1) is 25.9 Å². The van der Waals surface area contributed by atoms with Gasteiger partial charge in [0.25, 0.3) is 0 Å². The molecule has 0 spiro atoms. The highest BCUT2D eigenvalue weighted by molar-refractivity contribution is 14.0. The number of guanidine groups is 1. The molecule has 0 saturated carbocycles. The van der Waals surface area contributed by atoms with Crippen LogP contribution in [0.1, 0.15) is 17.5 Å². The number of aliphatic imine (C=N–C) groups is 1. The van der Waals surface area contributed by atoms with Gasteiger partial charge in [0.15, 0.2) is 5.96 Å². The fourth-order valence-electron chi connectivity index (χ4n) is 2.13. The summed E-state index contributed by atoms with van der Waals surface area (Å²) in [6, 6.07) is 3.88. The third-order valence-electron chi connectivity index (χ3n) is 3.48. The van der Waals surface area contributed by atoms with E-state index in [2.05, 4.69) is 15.6 Å². The van der Waals surface area contributed by atoms with Gasteiger partial charge in [-0.05, 0) is 24.1 Å². The molecule has 0 amide bonds. The summed E-state index contributed by atoms with van der Waals surface area (Å²) in [7, 11) is 4.49. The molecule has 0 unspecified atom stereocenters. The Morgan fingerprint density at radius 2 is 1.85 bits per heavy atom. The summed E-state index contributed by atoms with van der Waals surface area (Å²) in [6.45, 7) is 2.20. The number of hydrogen-bond acceptors (Lipinski definition) is 4. The van der Waals surface area contributed by atoms with Crippen molar-refractivity contribution in [3.05, 3.63) is 29.3 Å². The highest BCUT2D eigenvalue weighted by atomic mass is 127. The van der Waals surface area contributed by atoms with Gasteiger partial charge >= 0.3 is 6.18 Å². The lowest BCUT2D eigenvalue weighted by atomic mass is 10.1. The van der Waals surface area contributed by atoms with Crippen molar-refractivity contribution in [1.29, 1.82) is 0 Å². The number of rotatable bonds is 10. The molecule has 27 heavy (non-hydrogen) atoms. The van der Waals surface area contributed by atoms with Crippen molar-refractivity contribution in [3.63, 3.8) is 0 Å². The third-order valence-corrected chi connectivity index (χ3v) is 3.48. The molecule has 0 aliphatic heterocycles. The molecule has 2 N–H and O–H groups in total. The van der Waals surface area contributed by atoms with E-state index in [0.29, 0.717) is 32.3 Å². The monoisotopic (exact) mass is 505 g/mol. The lowest BCUT2D eigenvalue weighted by Crippen LogP contribution is -2.38. The lowest BCUT2D eigenvalue weighted by Gasteiger charge is -2.16. The summed E-state index contributed by atoms with van der Waals surface area (Å²) in [5, 5.41) is 5.92. The topological polar surface area (TPSA) is 64.1 Å². The molecule has 0 radical (unpaired) electrons. The van der Waals surface area contributed by atoms with Crippen molar-refractivity contribution >= 4 is 29.9 Å². The number of ether oxygens (including phenoxy) is 3. The first kappa shape index (κ1) is 25.7. The van der Waals surface area contributed by atoms with Crippen LogP contribution in [0, 0.1) is 0 Å². The van der Waals surface area contributed by atoms with Crippen LogP contribution in [-0.2, 0) is 22.2 Å². The minimum absolute atomic E-state index is 0. The molecule has 6 nitrogen and oxygen atoms in total. The van der Waals surface area contributed by atoms with E-state index in [4.69, 9.17) is 14.2 Å². The fraction of sp³-hybridized carbons (Fsp3) is 0.588. The van der Waals surface area contributed by atoms with Crippen molar-refractivity contribution in [1.82, 2.24) is 10.6 Å². The molecule has 0 heterocycles. The van der Waals surface area contributed by atoms with Gasteiger partial charge in [-0.3, -0.25) is 4.99 Å². The molecule has 0 aliphatic carbocycles. The van der Waals surface area contributed by atoms with Crippen LogP contribution in [0.5, 0.6) is 5.75 Å². The number of nitrogens with zero attached hydrogens (tertiary/aromatic N) is 1. The molecular formula is C17H27F3IN3O3. The molecule has 1 aromatic carbocycles. The van der Waals surface area contributed by atoms with Crippen LogP contribution < -0.4 is 15.4 Å². The van der Waals surface area contributed by atoms with E-state index < -0.39 is 11.7 Å². The Labute approximate surface area is 174 Å². The van der Waals surface area contributed by atoms with Crippen molar-refractivity contribution < 1.29 is 27.4 Å². The van der Waals surface area contributed by atoms with E-state index in [0.717, 1.165) is 12.5 Å². The van der Waals surface area contributed by atoms with Crippen molar-refractivity contribution in [2.75, 3.05) is 47.6 Å². The fourth-order valence-corrected chi connectivity index (χ4v) is 2.13. The maximum atomic E-state index is 13.2. The van der Waals surface area contributed by atoms with Crippen LogP contribution >= 0.6 is 24.0 Å². The zero-order chi connectivity index (χ0) is 19.4. The molecule has 0 atom stereocenters. The van der Waals surface area contributed by atoms with Crippen LogP contribution in [0.25, 0.3) is 0 Å². The van der Waals surface area contributed by atoms with E-state index in [9.17, 15) is 13.2 Å². The first-order valence-corrected chi connectivity index (χ1v) is 8.17. The first-order valence-electron chi connectivity index (χ1n) is 8.17. The van der Waals surface area contributed by atoms with Gasteiger partial charge in [-0.15, -0.1) is 24.0 Å². The van der Waals surface area contributed by atoms with E-state index in [1.165, 1.54) is 19.2 Å². The number of benzene rings is 1. The average Bonchev–Trinajstić information content (AvgIpc) is 2.62. The van der Waals surface area contributed by atoms with Crippen molar-refractivity contribution in [2.45, 2.75) is 19.1 Å². The molecule has 10 heteroatoms. The molecule has 0 saturated heterocycles. The van der Waals surface area contributed by atoms with Gasteiger partial charge in [-0.2, -0.15) is 13.2 Å². The zero-order valence-electron chi connectivity index (χ0n) is 15.7. The molecule has 0 aliphatic rings. The average molecular weight is 505 g/mol. The second-order valence-electron chi connectivity index (χ2n) is 5.33. The largest absolute Gasteiger partial charge is 0.497 e. The van der Waals surface area contributed by atoms with E-state index in [1.807, 2.05) is 0 Å². The third kappa shape index (κ3) is 10.0. The zero-order valence-corrected chi connectivity index (χ0v) is 18.0. The highest BCUT2D eigenvalue weighted by Crippen LogP contribution is 2.34. The van der Waals surface area contributed by atoms with Gasteiger partial charge in [0.2, 0.25) is 0 Å². The normalized spacial score (nSPS) is 11.7. The van der Waals surface area contributed by atoms with E-state index in [1.54, 1.807) is 14.2 Å². The van der Waals surface area contributed by atoms with Gasteiger partial charge in [0.1, 0.15) is 5.75 Å². The number of alkyl halides is 3. The summed E-state index contributed by atoms with van der Waals surface area (Å²) in [5.74, 6) is 0.586. The molecule has 0 aromatic heterocycles. The van der Waals surface area contributed by atoms with Crippen molar-refractivity contribution in [2.24, 2.45) is 4.99 Å². The van der Waals surface area contributed by atoms with Gasteiger partial charge < -0.3 is 24.8 Å². The summed E-state index contributed by atoms with van der Waals surface area (Å²) < 4.78 is 54.7. The molecular weight excluding hydrogens is 478 g/mol. The predicted molar refractivity (Wildman–Crippen MR) is 109 cm³/mol. The molecule has 156 valence electrons. The summed E-state index contributed by atoms with van der Waals surface area (Å²) >= 11 is 0. The molecule has 1 rings (SSSR count). The predicted octanol–water partition coefficient (Wildman–Crippen LogP) is 3.05. The van der Waals surface area contributed by atoms with Crippen LogP contribution in [0.15, 0.2) is 23.2 Å². The van der Waals surface area contributed by atoms with Crippen molar-refractivity contribution in [3.8, 4) is 5.75 Å². The van der Waals surface area contributed by atoms with Gasteiger partial charge in [-0.1, -0.05) is 6.07 Å². The summed E-state index contributed by atoms with van der Waals surface area (Å²) in [5.41, 5.74) is -0.615. The van der Waals surface area contributed by atoms with Crippen LogP contribution in [0.3, 0.4) is 0 Å². The Morgan fingerprint density at radius 1 is 1.11 bits per heavy atom. The number of nitrogens with one attached hydrogen (secondary N) is 2. The standard InChI is InChI=1S/C17H26F3N3O3.HI/c1-21-16(22-7-4-8-26-10-9-24-2)23-12-13-5-6-14(25-3)11-15(13)17(18,19)20;/h5-6,11H,4,7-10,12H2,1-3H3,(H2,21,22,23);1H. The Hall–Kier alpha value is -1.27. The Morgan fingerprint density at radius 3 is 2.44 bits per heavy atom. The van der Waals surface area contributed by atoms with Gasteiger partial charge in [-0.25, -0.2) is 0 Å². The first-order chi connectivity index (χ1) is 12.4. The Kier molecular flexibility index (Phi) is 13.2. The maximum Gasteiger partial charge on any atom is 0.416 e. The van der Waals surface area contributed by atoms with Crippen LogP contribution in [-0.4, -0.2) is 53.6 Å². The van der Waals surface area contributed by atoms with E-state index in [-0.39, 0.29) is 41.8 Å². The number of hydrogen-bond donors (Lipinski definition) is 2. The molecule has 0 bridgehead atoms. The quantitative estimate of drug-likeness (QED) is 0.222.